The Hall–Kier alpha value is -4.08. The van der Waals surface area contributed by atoms with Crippen LogP contribution in [-0.2, 0) is 9.63 Å². The summed E-state index contributed by atoms with van der Waals surface area (Å²) in [5.41, 5.74) is 0.814. The number of carboxylic acids is 1. The molecule has 3 N–H and O–H groups in total. The lowest BCUT2D eigenvalue weighted by atomic mass is 10.1. The van der Waals surface area contributed by atoms with E-state index in [0.29, 0.717) is 17.1 Å². The summed E-state index contributed by atoms with van der Waals surface area (Å²) in [4.78, 5) is 37.8. The maximum atomic E-state index is 12.1. The zero-order chi connectivity index (χ0) is 21.2. The summed E-state index contributed by atoms with van der Waals surface area (Å²) in [5.74, 6) is -0.880. The van der Waals surface area contributed by atoms with E-state index in [4.69, 9.17) is 19.8 Å². The molecule has 0 saturated carbocycles. The predicted molar refractivity (Wildman–Crippen MR) is 101 cm³/mol. The van der Waals surface area contributed by atoms with E-state index in [1.54, 1.807) is 30.3 Å². The number of hydrogen-bond acceptors (Lipinski definition) is 6. The maximum absolute atomic E-state index is 12.1. The minimum atomic E-state index is -1.14. The van der Waals surface area contributed by atoms with E-state index in [2.05, 4.69) is 10.2 Å². The molecule has 0 aliphatic rings. The Labute approximate surface area is 165 Å². The summed E-state index contributed by atoms with van der Waals surface area (Å²) in [6.07, 6.45) is 2.78. The van der Waals surface area contributed by atoms with E-state index >= 15 is 0 Å². The molecule has 10 nitrogen and oxygen atoms in total. The number of ether oxygens (including phenoxy) is 2. The molecule has 0 heterocycles. The van der Waals surface area contributed by atoms with Gasteiger partial charge in [0.2, 0.25) is 12.5 Å². The summed E-state index contributed by atoms with van der Waals surface area (Å²) in [6.45, 7) is -0.168. The number of carbonyl (C=O) groups is 2. The molecule has 0 aromatic heterocycles. The predicted octanol–water partition coefficient (Wildman–Crippen LogP) is 2.52. The van der Waals surface area contributed by atoms with Crippen molar-refractivity contribution in [2.24, 2.45) is 0 Å². The first-order valence-electron chi connectivity index (χ1n) is 8.32. The second kappa shape index (κ2) is 10.3. The van der Waals surface area contributed by atoms with Gasteiger partial charge in [-0.15, -0.1) is 0 Å². The Morgan fingerprint density at radius 3 is 2.59 bits per heavy atom. The van der Waals surface area contributed by atoms with Crippen molar-refractivity contribution >= 4 is 23.6 Å². The molecular formula is C19H19N2O8+. The summed E-state index contributed by atoms with van der Waals surface area (Å²) < 4.78 is 10.6. The van der Waals surface area contributed by atoms with Gasteiger partial charge in [-0.2, -0.15) is 4.84 Å². The Morgan fingerprint density at radius 2 is 1.90 bits per heavy atom. The third kappa shape index (κ3) is 6.54. The number of rotatable bonds is 10. The highest BCUT2D eigenvalue weighted by Gasteiger charge is 2.11. The molecule has 2 aromatic carbocycles. The van der Waals surface area contributed by atoms with Crippen molar-refractivity contribution in [3.63, 3.8) is 0 Å². The molecular weight excluding hydrogens is 384 g/mol. The maximum Gasteiger partial charge on any atom is 0.475 e. The van der Waals surface area contributed by atoms with Crippen LogP contribution in [0.15, 0.2) is 48.5 Å². The third-order valence-corrected chi connectivity index (χ3v) is 3.57. The summed E-state index contributed by atoms with van der Waals surface area (Å²) in [6, 6.07) is 11.0. The molecule has 10 heteroatoms. The van der Waals surface area contributed by atoms with Crippen molar-refractivity contribution in [3.05, 3.63) is 64.6 Å². The van der Waals surface area contributed by atoms with Gasteiger partial charge in [0.05, 0.1) is 18.4 Å². The Balaban J connectivity index is 2.02. The average molecular weight is 403 g/mol. The highest BCUT2D eigenvalue weighted by Crippen LogP contribution is 2.28. The van der Waals surface area contributed by atoms with Crippen LogP contribution in [-0.4, -0.2) is 47.6 Å². The SMILES string of the molecule is COc1cc(C=CC(=O)Nc2ccccc2C(=O)O)ccc1OCCO[N+](=O)O. The van der Waals surface area contributed by atoms with E-state index in [1.807, 2.05) is 0 Å². The number of methoxy groups -OCH3 is 1. The summed E-state index contributed by atoms with van der Waals surface area (Å²) in [7, 11) is 1.44. The zero-order valence-electron chi connectivity index (χ0n) is 15.4. The van der Waals surface area contributed by atoms with Crippen molar-refractivity contribution in [3.8, 4) is 11.5 Å². The van der Waals surface area contributed by atoms with Gasteiger partial charge in [0, 0.05) is 6.08 Å². The first-order chi connectivity index (χ1) is 13.9. The second-order valence-corrected chi connectivity index (χ2v) is 5.50. The first-order valence-corrected chi connectivity index (χ1v) is 8.32. The molecule has 0 spiro atoms. The van der Waals surface area contributed by atoms with E-state index in [0.717, 1.165) is 0 Å². The van der Waals surface area contributed by atoms with Crippen molar-refractivity contribution in [2.45, 2.75) is 0 Å². The standard InChI is InChI=1S/C19H18N2O8/c1-27-17-12-13(6-8-16(17)28-10-11-29-21(25)26)7-9-18(22)20-15-5-3-2-4-14(15)19(23)24/h2-9,12H,10-11H2,1H3,(H2-,20,22,23,24,25,26)/p+1. The lowest BCUT2D eigenvalue weighted by Gasteiger charge is -2.10. The van der Waals surface area contributed by atoms with Gasteiger partial charge in [0.1, 0.15) is 11.5 Å². The summed E-state index contributed by atoms with van der Waals surface area (Å²) in [5, 5.41) is 19.3. The highest BCUT2D eigenvalue weighted by atomic mass is 17.0. The number of nitrogens with zero attached hydrogens (tertiary/aromatic N) is 1. The monoisotopic (exact) mass is 403 g/mol. The van der Waals surface area contributed by atoms with E-state index in [1.165, 1.54) is 31.4 Å². The number of hydrogen-bond donors (Lipinski definition) is 3. The average Bonchev–Trinajstić information content (AvgIpc) is 2.70. The van der Waals surface area contributed by atoms with Crippen molar-refractivity contribution in [2.75, 3.05) is 25.6 Å². The number of anilines is 1. The van der Waals surface area contributed by atoms with Gasteiger partial charge in [0.15, 0.2) is 11.5 Å². The number of nitrogens with one attached hydrogen (secondary N) is 1. The van der Waals surface area contributed by atoms with Crippen LogP contribution in [0.3, 0.4) is 0 Å². The molecule has 2 aromatic rings. The molecule has 0 bridgehead atoms. The number of carbonyl (C=O) groups excluding carboxylic acids is 1. The van der Waals surface area contributed by atoms with E-state index < -0.39 is 17.0 Å². The van der Waals surface area contributed by atoms with Crippen molar-refractivity contribution in [1.29, 1.82) is 0 Å². The molecule has 0 aliphatic carbocycles. The number of amides is 1. The summed E-state index contributed by atoms with van der Waals surface area (Å²) >= 11 is 0. The lowest BCUT2D eigenvalue weighted by Crippen LogP contribution is -2.12. The van der Waals surface area contributed by atoms with Gasteiger partial charge in [-0.05, 0) is 35.9 Å². The van der Waals surface area contributed by atoms with Gasteiger partial charge in [-0.1, -0.05) is 18.2 Å². The van der Waals surface area contributed by atoms with Crippen molar-refractivity contribution in [1.82, 2.24) is 0 Å². The van der Waals surface area contributed by atoms with Crippen LogP contribution in [0.1, 0.15) is 15.9 Å². The Morgan fingerprint density at radius 1 is 1.14 bits per heavy atom. The van der Waals surface area contributed by atoms with Gasteiger partial charge in [-0.25, -0.2) is 10.0 Å². The molecule has 2 rings (SSSR count). The van der Waals surface area contributed by atoms with Crippen LogP contribution in [0, 0.1) is 4.91 Å². The fourth-order valence-corrected chi connectivity index (χ4v) is 2.30. The topological polar surface area (TPSA) is 134 Å². The molecule has 152 valence electrons. The van der Waals surface area contributed by atoms with Gasteiger partial charge < -0.3 is 19.9 Å². The second-order valence-electron chi connectivity index (χ2n) is 5.50. The van der Waals surface area contributed by atoms with E-state index in [9.17, 15) is 14.5 Å². The van der Waals surface area contributed by atoms with Crippen LogP contribution in [0.5, 0.6) is 11.5 Å². The first kappa shape index (κ1) is 21.2. The van der Waals surface area contributed by atoms with Crippen LogP contribution in [0.4, 0.5) is 5.69 Å². The minimum Gasteiger partial charge on any atom is -0.493 e. The Kier molecular flexibility index (Phi) is 7.54. The quantitative estimate of drug-likeness (QED) is 0.313. The number of benzene rings is 2. The fourth-order valence-electron chi connectivity index (χ4n) is 2.30. The third-order valence-electron chi connectivity index (χ3n) is 3.57. The van der Waals surface area contributed by atoms with Crippen LogP contribution in [0.25, 0.3) is 6.08 Å². The van der Waals surface area contributed by atoms with Crippen molar-refractivity contribution < 1.29 is 39.3 Å². The van der Waals surface area contributed by atoms with Crippen LogP contribution >= 0.6 is 0 Å². The molecule has 0 radical (unpaired) electrons. The lowest BCUT2D eigenvalue weighted by molar-refractivity contribution is -0.975. The minimum absolute atomic E-state index is 0.00373. The van der Waals surface area contributed by atoms with Gasteiger partial charge in [-0.3, -0.25) is 4.79 Å². The molecule has 0 unspecified atom stereocenters. The smallest absolute Gasteiger partial charge is 0.475 e. The molecule has 0 atom stereocenters. The molecule has 0 saturated heterocycles. The molecule has 29 heavy (non-hydrogen) atoms. The molecule has 0 aliphatic heterocycles. The number of aromatic carboxylic acids is 1. The largest absolute Gasteiger partial charge is 0.493 e. The molecule has 0 fully saturated rings. The number of carboxylic acid groups (broad SMARTS) is 1. The van der Waals surface area contributed by atoms with E-state index in [-0.39, 0.29) is 24.5 Å². The normalized spacial score (nSPS) is 10.4. The number of para-hydroxylation sites is 1. The Bertz CT molecular complexity index is 926. The highest BCUT2D eigenvalue weighted by molar-refractivity contribution is 6.06. The zero-order valence-corrected chi connectivity index (χ0v) is 15.4. The van der Waals surface area contributed by atoms with Crippen LogP contribution < -0.4 is 14.8 Å². The van der Waals surface area contributed by atoms with Crippen LogP contribution in [0.2, 0.25) is 0 Å². The fraction of sp³-hybridized carbons (Fsp3) is 0.158. The molecule has 1 amide bonds. The van der Waals surface area contributed by atoms with Gasteiger partial charge in [0.25, 0.3) is 0 Å². The van der Waals surface area contributed by atoms with Gasteiger partial charge >= 0.3 is 11.1 Å².